The molecule has 9 nitrogen and oxygen atoms in total. The van der Waals surface area contributed by atoms with E-state index in [1.54, 1.807) is 13.2 Å². The van der Waals surface area contributed by atoms with Crippen LogP contribution in [-0.4, -0.2) is 64.3 Å². The molecule has 2 heterocycles. The third-order valence-corrected chi connectivity index (χ3v) is 9.02. The van der Waals surface area contributed by atoms with Gasteiger partial charge in [0.15, 0.2) is 11.4 Å². The van der Waals surface area contributed by atoms with Gasteiger partial charge in [-0.15, -0.1) is 0 Å². The maximum Gasteiger partial charge on any atom is 0.164 e. The lowest BCUT2D eigenvalue weighted by Gasteiger charge is -2.23. The van der Waals surface area contributed by atoms with Gasteiger partial charge in [-0.3, -0.25) is 4.79 Å². The number of allylic oxidation sites excluding steroid dienone is 1. The van der Waals surface area contributed by atoms with Crippen LogP contribution in [0, 0.1) is 11.8 Å². The fourth-order valence-corrected chi connectivity index (χ4v) is 6.30. The van der Waals surface area contributed by atoms with Gasteiger partial charge in [0, 0.05) is 32.2 Å². The minimum atomic E-state index is 0.148. The molecule has 0 spiro atoms. The van der Waals surface area contributed by atoms with Crippen LogP contribution in [0.1, 0.15) is 57.9 Å². The molecule has 0 saturated heterocycles. The third-order valence-electron chi connectivity index (χ3n) is 9.02. The van der Waals surface area contributed by atoms with Gasteiger partial charge in [-0.2, -0.15) is 5.10 Å². The van der Waals surface area contributed by atoms with E-state index in [2.05, 4.69) is 26.5 Å². The molecule has 3 atom stereocenters. The lowest BCUT2D eigenvalue weighted by molar-refractivity contribution is -0.114. The zero-order valence-electron chi connectivity index (χ0n) is 26.8. The molecule has 3 unspecified atom stereocenters. The predicted octanol–water partition coefficient (Wildman–Crippen LogP) is 7.11. The Labute approximate surface area is 266 Å². The standard InChI is InChI=1S/C36H46N6O3/c1-26(28-10-7-9-27(14-16-28)15-19-30(43)11-8-22-41(2)23-24-44-3)42-36-33(35(37)38-25-39-36)34(40-42)29-17-20-32(21-18-29)45-31-12-5-4-6-13-31/h4-6,8,11-13,17-18,20-21,25-28H,7,9-10,14-16,19,22-24H2,1-3H3,(H2,37,38,39). The van der Waals surface area contributed by atoms with Gasteiger partial charge < -0.3 is 20.1 Å². The number of nitrogens with two attached hydrogens (primary N) is 1. The number of nitrogens with zero attached hydrogens (tertiary/aromatic N) is 5. The van der Waals surface area contributed by atoms with Crippen LogP contribution in [0.4, 0.5) is 5.82 Å². The monoisotopic (exact) mass is 610 g/mol. The van der Waals surface area contributed by atoms with E-state index in [0.29, 0.717) is 30.7 Å². The highest BCUT2D eigenvalue weighted by molar-refractivity contribution is 5.98. The first-order chi connectivity index (χ1) is 21.9. The molecule has 5 rings (SSSR count). The van der Waals surface area contributed by atoms with Gasteiger partial charge in [-0.25, -0.2) is 14.6 Å². The van der Waals surface area contributed by atoms with Gasteiger partial charge in [-0.1, -0.05) is 43.5 Å². The van der Waals surface area contributed by atoms with Crippen molar-refractivity contribution in [2.24, 2.45) is 11.8 Å². The van der Waals surface area contributed by atoms with Gasteiger partial charge in [0.05, 0.1) is 18.0 Å². The molecule has 238 valence electrons. The number of benzene rings is 2. The fourth-order valence-electron chi connectivity index (χ4n) is 6.30. The predicted molar refractivity (Wildman–Crippen MR) is 179 cm³/mol. The number of anilines is 1. The fraction of sp³-hybridized carbons (Fsp3) is 0.444. The molecule has 2 aromatic carbocycles. The Bertz CT molecular complexity index is 1550. The van der Waals surface area contributed by atoms with Crippen LogP contribution >= 0.6 is 0 Å². The summed E-state index contributed by atoms with van der Waals surface area (Å²) in [6, 6.07) is 17.8. The summed E-state index contributed by atoms with van der Waals surface area (Å²) in [5, 5.41) is 5.89. The number of ketones is 1. The summed E-state index contributed by atoms with van der Waals surface area (Å²) in [5.74, 6) is 3.22. The molecule has 1 fully saturated rings. The molecule has 1 saturated carbocycles. The molecular weight excluding hydrogens is 564 g/mol. The number of hydrogen-bond donors (Lipinski definition) is 1. The van der Waals surface area contributed by atoms with E-state index in [0.717, 1.165) is 85.4 Å². The number of ether oxygens (including phenoxy) is 2. The van der Waals surface area contributed by atoms with E-state index >= 15 is 0 Å². The van der Waals surface area contributed by atoms with Crippen LogP contribution < -0.4 is 10.5 Å². The van der Waals surface area contributed by atoms with Crippen molar-refractivity contribution in [2.75, 3.05) is 39.6 Å². The first kappa shape index (κ1) is 32.3. The number of hydrogen-bond acceptors (Lipinski definition) is 8. The molecule has 1 aliphatic carbocycles. The Morgan fingerprint density at radius 2 is 1.84 bits per heavy atom. The van der Waals surface area contributed by atoms with Crippen LogP contribution in [0.25, 0.3) is 22.3 Å². The summed E-state index contributed by atoms with van der Waals surface area (Å²) >= 11 is 0. The highest BCUT2D eigenvalue weighted by Crippen LogP contribution is 2.39. The van der Waals surface area contributed by atoms with Crippen LogP contribution in [-0.2, 0) is 9.53 Å². The van der Waals surface area contributed by atoms with Gasteiger partial charge in [0.1, 0.15) is 29.3 Å². The molecule has 4 aromatic rings. The maximum absolute atomic E-state index is 12.5. The molecule has 2 aromatic heterocycles. The summed E-state index contributed by atoms with van der Waals surface area (Å²) in [5.41, 5.74) is 8.90. The molecule has 0 aliphatic heterocycles. The number of carbonyl (C=O) groups excluding carboxylic acids is 1. The van der Waals surface area contributed by atoms with E-state index in [-0.39, 0.29) is 11.8 Å². The number of methoxy groups -OCH3 is 1. The van der Waals surface area contributed by atoms with Crippen LogP contribution in [0.15, 0.2) is 73.1 Å². The largest absolute Gasteiger partial charge is 0.457 e. The number of nitrogen functional groups attached to an aromatic ring is 1. The van der Waals surface area contributed by atoms with Crippen LogP contribution in [0.2, 0.25) is 0 Å². The zero-order valence-corrected chi connectivity index (χ0v) is 26.8. The Morgan fingerprint density at radius 3 is 2.62 bits per heavy atom. The van der Waals surface area contributed by atoms with Crippen molar-refractivity contribution >= 4 is 22.6 Å². The minimum Gasteiger partial charge on any atom is -0.457 e. The summed E-state index contributed by atoms with van der Waals surface area (Å²) < 4.78 is 13.2. The normalized spacial score (nSPS) is 18.0. The minimum absolute atomic E-state index is 0.148. The molecule has 0 amide bonds. The lowest BCUT2D eigenvalue weighted by Crippen LogP contribution is -2.22. The van der Waals surface area contributed by atoms with Crippen molar-refractivity contribution in [2.45, 2.75) is 57.9 Å². The first-order valence-electron chi connectivity index (χ1n) is 16.1. The zero-order chi connectivity index (χ0) is 31.6. The second-order valence-corrected chi connectivity index (χ2v) is 12.2. The van der Waals surface area contributed by atoms with Gasteiger partial charge >= 0.3 is 0 Å². The SMILES string of the molecule is COCCN(C)CC=CC(=O)CCC1CCCC(C(C)n2nc(-c3ccc(Oc4ccccc4)cc3)c3c(N)ncnc32)CC1. The van der Waals surface area contributed by atoms with E-state index in [9.17, 15) is 4.79 Å². The van der Waals surface area contributed by atoms with Crippen molar-refractivity contribution in [3.8, 4) is 22.8 Å². The van der Waals surface area contributed by atoms with Crippen molar-refractivity contribution in [1.29, 1.82) is 0 Å². The number of carbonyl (C=O) groups is 1. The van der Waals surface area contributed by atoms with Gasteiger partial charge in [0.25, 0.3) is 0 Å². The Hall–Kier alpha value is -4.08. The number of para-hydroxylation sites is 1. The van der Waals surface area contributed by atoms with Crippen molar-refractivity contribution in [3.63, 3.8) is 0 Å². The quantitative estimate of drug-likeness (QED) is 0.119. The maximum atomic E-state index is 12.5. The summed E-state index contributed by atoms with van der Waals surface area (Å²) in [6.45, 7) is 4.55. The number of aromatic nitrogens is 4. The molecule has 2 N–H and O–H groups in total. The van der Waals surface area contributed by atoms with Gasteiger partial charge in [-0.05, 0) is 87.5 Å². The van der Waals surface area contributed by atoms with Crippen molar-refractivity contribution < 1.29 is 14.3 Å². The number of rotatable bonds is 14. The van der Waals surface area contributed by atoms with Crippen LogP contribution in [0.3, 0.4) is 0 Å². The van der Waals surface area contributed by atoms with E-state index < -0.39 is 0 Å². The summed E-state index contributed by atoms with van der Waals surface area (Å²) in [4.78, 5) is 23.6. The smallest absolute Gasteiger partial charge is 0.164 e. The second kappa shape index (κ2) is 15.8. The third kappa shape index (κ3) is 8.55. The highest BCUT2D eigenvalue weighted by atomic mass is 16.5. The molecule has 9 heteroatoms. The van der Waals surface area contributed by atoms with Crippen LogP contribution in [0.5, 0.6) is 11.5 Å². The molecule has 0 bridgehead atoms. The molecular formula is C36H46N6O3. The van der Waals surface area contributed by atoms with Gasteiger partial charge in [0.2, 0.25) is 0 Å². The Kier molecular flexibility index (Phi) is 11.3. The summed E-state index contributed by atoms with van der Waals surface area (Å²) in [6.07, 6.45) is 12.5. The number of fused-ring (bicyclic) bond motifs is 1. The highest BCUT2D eigenvalue weighted by Gasteiger charge is 2.28. The van der Waals surface area contributed by atoms with E-state index in [1.165, 1.54) is 6.33 Å². The average Bonchev–Trinajstić information content (AvgIpc) is 3.29. The van der Waals surface area contributed by atoms with Crippen molar-refractivity contribution in [3.05, 3.63) is 73.1 Å². The Balaban J connectivity index is 1.22. The summed E-state index contributed by atoms with van der Waals surface area (Å²) in [7, 11) is 3.74. The molecule has 45 heavy (non-hydrogen) atoms. The topological polar surface area (TPSA) is 108 Å². The Morgan fingerprint density at radius 1 is 1.07 bits per heavy atom. The number of likely N-dealkylation sites (N-methyl/N-ethyl adjacent to an activating group) is 1. The molecule has 1 aliphatic rings. The lowest BCUT2D eigenvalue weighted by atomic mass is 9.91. The molecule has 0 radical (unpaired) electrons. The first-order valence-corrected chi connectivity index (χ1v) is 16.1. The van der Waals surface area contributed by atoms with Crippen molar-refractivity contribution in [1.82, 2.24) is 24.6 Å². The van der Waals surface area contributed by atoms with E-state index in [4.69, 9.17) is 20.3 Å². The average molecular weight is 611 g/mol. The second-order valence-electron chi connectivity index (χ2n) is 12.2. The van der Waals surface area contributed by atoms with E-state index in [1.807, 2.05) is 67.7 Å².